The first-order valence-corrected chi connectivity index (χ1v) is 5.20. The Kier molecular flexibility index (Phi) is 2.26. The van der Waals surface area contributed by atoms with E-state index in [2.05, 4.69) is 5.16 Å². The number of aromatic carboxylic acids is 1. The van der Waals surface area contributed by atoms with Crippen molar-refractivity contribution in [3.63, 3.8) is 0 Å². The highest BCUT2D eigenvalue weighted by Gasteiger charge is 2.26. The molecular formula is C8H9NO3S. The van der Waals surface area contributed by atoms with Crippen molar-refractivity contribution >= 4 is 17.7 Å². The molecule has 4 nitrogen and oxygen atoms in total. The van der Waals surface area contributed by atoms with E-state index in [1.807, 2.05) is 11.8 Å². The summed E-state index contributed by atoms with van der Waals surface area (Å²) >= 11 is 1.82. The lowest BCUT2D eigenvalue weighted by Crippen LogP contribution is -2.03. The highest BCUT2D eigenvalue weighted by Crippen LogP contribution is 2.33. The van der Waals surface area contributed by atoms with Crippen LogP contribution in [0, 0.1) is 0 Å². The Labute approximate surface area is 79.3 Å². The van der Waals surface area contributed by atoms with E-state index in [9.17, 15) is 4.79 Å². The van der Waals surface area contributed by atoms with Crippen molar-refractivity contribution in [1.82, 2.24) is 5.16 Å². The van der Waals surface area contributed by atoms with Gasteiger partial charge in [0.2, 0.25) is 0 Å². The van der Waals surface area contributed by atoms with Crippen LogP contribution in [0.3, 0.4) is 0 Å². The van der Waals surface area contributed by atoms with E-state index in [1.54, 1.807) is 0 Å². The summed E-state index contributed by atoms with van der Waals surface area (Å²) in [6, 6.07) is 0. The first kappa shape index (κ1) is 8.62. The summed E-state index contributed by atoms with van der Waals surface area (Å²) in [5.74, 6) is 1.84. The van der Waals surface area contributed by atoms with Crippen molar-refractivity contribution < 1.29 is 14.4 Å². The maximum Gasteiger partial charge on any atom is 0.340 e. The molecule has 13 heavy (non-hydrogen) atoms. The lowest BCUT2D eigenvalue weighted by Gasteiger charge is -2.02. The number of carboxylic acids is 1. The highest BCUT2D eigenvalue weighted by atomic mass is 32.2. The van der Waals surface area contributed by atoms with Gasteiger partial charge in [-0.05, 0) is 12.2 Å². The zero-order valence-corrected chi connectivity index (χ0v) is 7.71. The molecule has 2 heterocycles. The minimum Gasteiger partial charge on any atom is -0.478 e. The molecule has 1 unspecified atom stereocenters. The molecule has 0 bridgehead atoms. The highest BCUT2D eigenvalue weighted by molar-refractivity contribution is 7.99. The maximum absolute atomic E-state index is 10.7. The Balaban J connectivity index is 2.28. The van der Waals surface area contributed by atoms with Gasteiger partial charge in [0.25, 0.3) is 0 Å². The number of carboxylic acid groups (broad SMARTS) is 1. The molecule has 1 fully saturated rings. The average Bonchev–Trinajstić information content (AvgIpc) is 2.74. The molecule has 0 radical (unpaired) electrons. The molecule has 1 aliphatic rings. The number of thioether (sulfide) groups is 1. The number of carbonyl (C=O) groups is 1. The van der Waals surface area contributed by atoms with Gasteiger partial charge in [-0.1, -0.05) is 5.16 Å². The van der Waals surface area contributed by atoms with Gasteiger partial charge in [0.1, 0.15) is 5.56 Å². The van der Waals surface area contributed by atoms with E-state index in [4.69, 9.17) is 9.63 Å². The Morgan fingerprint density at radius 3 is 3.23 bits per heavy atom. The van der Waals surface area contributed by atoms with E-state index in [0.29, 0.717) is 5.76 Å². The Hall–Kier alpha value is -0.970. The lowest BCUT2D eigenvalue weighted by atomic mass is 10.0. The molecule has 0 saturated carbocycles. The predicted molar refractivity (Wildman–Crippen MR) is 48.1 cm³/mol. The van der Waals surface area contributed by atoms with Crippen molar-refractivity contribution in [3.8, 4) is 0 Å². The fourth-order valence-electron chi connectivity index (χ4n) is 1.44. The molecule has 1 saturated heterocycles. The summed E-state index contributed by atoms with van der Waals surface area (Å²) < 4.78 is 4.97. The van der Waals surface area contributed by atoms with Crippen molar-refractivity contribution in [2.75, 3.05) is 11.5 Å². The Morgan fingerprint density at radius 1 is 1.77 bits per heavy atom. The summed E-state index contributed by atoms with van der Waals surface area (Å²) in [5.41, 5.74) is 0.215. The van der Waals surface area contributed by atoms with Crippen LogP contribution in [0.25, 0.3) is 0 Å². The topological polar surface area (TPSA) is 63.3 Å². The second kappa shape index (κ2) is 3.41. The summed E-state index contributed by atoms with van der Waals surface area (Å²) in [6.45, 7) is 0. The van der Waals surface area contributed by atoms with Crippen LogP contribution in [0.2, 0.25) is 0 Å². The maximum atomic E-state index is 10.7. The van der Waals surface area contributed by atoms with E-state index < -0.39 is 5.97 Å². The first-order valence-electron chi connectivity index (χ1n) is 4.04. The summed E-state index contributed by atoms with van der Waals surface area (Å²) in [7, 11) is 0. The van der Waals surface area contributed by atoms with E-state index in [-0.39, 0.29) is 11.5 Å². The second-order valence-corrected chi connectivity index (χ2v) is 4.12. The van der Waals surface area contributed by atoms with Crippen LogP contribution in [-0.2, 0) is 0 Å². The van der Waals surface area contributed by atoms with Crippen molar-refractivity contribution in [3.05, 3.63) is 17.5 Å². The predicted octanol–water partition coefficient (Wildman–Crippen LogP) is 1.59. The van der Waals surface area contributed by atoms with Gasteiger partial charge >= 0.3 is 5.97 Å². The van der Waals surface area contributed by atoms with Gasteiger partial charge in [0, 0.05) is 11.7 Å². The van der Waals surface area contributed by atoms with Crippen LogP contribution in [0.5, 0.6) is 0 Å². The third kappa shape index (κ3) is 1.56. The molecular weight excluding hydrogens is 190 g/mol. The molecule has 1 N–H and O–H groups in total. The third-order valence-corrected chi connectivity index (χ3v) is 3.29. The number of hydrogen-bond donors (Lipinski definition) is 1. The van der Waals surface area contributed by atoms with Crippen molar-refractivity contribution in [2.45, 2.75) is 12.3 Å². The second-order valence-electron chi connectivity index (χ2n) is 2.97. The molecule has 0 amide bonds. The molecule has 5 heteroatoms. The molecule has 0 spiro atoms. The minimum atomic E-state index is -0.951. The van der Waals surface area contributed by atoms with Crippen LogP contribution in [0.4, 0.5) is 0 Å². The average molecular weight is 199 g/mol. The lowest BCUT2D eigenvalue weighted by molar-refractivity contribution is 0.0693. The van der Waals surface area contributed by atoms with Gasteiger partial charge in [-0.2, -0.15) is 11.8 Å². The quantitative estimate of drug-likeness (QED) is 0.783. The summed E-state index contributed by atoms with van der Waals surface area (Å²) in [6.07, 6.45) is 2.26. The zero-order valence-electron chi connectivity index (χ0n) is 6.90. The van der Waals surface area contributed by atoms with Crippen LogP contribution in [0.1, 0.15) is 28.5 Å². The molecule has 1 aliphatic heterocycles. The van der Waals surface area contributed by atoms with E-state index in [0.717, 1.165) is 17.9 Å². The minimum absolute atomic E-state index is 0.215. The number of hydrogen-bond acceptors (Lipinski definition) is 4. The molecule has 0 aliphatic carbocycles. The molecule has 0 aromatic carbocycles. The molecule has 2 rings (SSSR count). The molecule has 1 aromatic heterocycles. The van der Waals surface area contributed by atoms with Gasteiger partial charge < -0.3 is 9.63 Å². The van der Waals surface area contributed by atoms with Crippen molar-refractivity contribution in [1.29, 1.82) is 0 Å². The normalized spacial score (nSPS) is 22.0. The summed E-state index contributed by atoms with van der Waals surface area (Å²) in [4.78, 5) is 10.7. The monoisotopic (exact) mass is 199 g/mol. The smallest absolute Gasteiger partial charge is 0.340 e. The fourth-order valence-corrected chi connectivity index (χ4v) is 2.67. The van der Waals surface area contributed by atoms with Crippen molar-refractivity contribution in [2.24, 2.45) is 0 Å². The Bertz CT molecular complexity index is 317. The first-order chi connectivity index (χ1) is 6.29. The number of aromatic nitrogens is 1. The SMILES string of the molecule is O=C(O)c1cnoc1C1CCSC1. The van der Waals surface area contributed by atoms with E-state index in [1.165, 1.54) is 6.20 Å². The van der Waals surface area contributed by atoms with Gasteiger partial charge in [0.15, 0.2) is 5.76 Å². The number of nitrogens with zero attached hydrogens (tertiary/aromatic N) is 1. The Morgan fingerprint density at radius 2 is 2.62 bits per heavy atom. The summed E-state index contributed by atoms with van der Waals surface area (Å²) in [5, 5.41) is 12.3. The molecule has 1 aromatic rings. The van der Waals surface area contributed by atoms with Gasteiger partial charge in [-0.15, -0.1) is 0 Å². The molecule has 1 atom stereocenters. The number of rotatable bonds is 2. The standard InChI is InChI=1S/C8H9NO3S/c10-8(11)6-3-9-12-7(6)5-1-2-13-4-5/h3,5H,1-2,4H2,(H,10,11). The largest absolute Gasteiger partial charge is 0.478 e. The van der Waals surface area contributed by atoms with Gasteiger partial charge in [-0.3, -0.25) is 0 Å². The van der Waals surface area contributed by atoms with Crippen LogP contribution in [-0.4, -0.2) is 27.7 Å². The van der Waals surface area contributed by atoms with Gasteiger partial charge in [0.05, 0.1) is 6.20 Å². The fraction of sp³-hybridized carbons (Fsp3) is 0.500. The van der Waals surface area contributed by atoms with Crippen LogP contribution >= 0.6 is 11.8 Å². The zero-order chi connectivity index (χ0) is 9.26. The van der Waals surface area contributed by atoms with E-state index >= 15 is 0 Å². The van der Waals surface area contributed by atoms with Gasteiger partial charge in [-0.25, -0.2) is 4.79 Å². The van der Waals surface area contributed by atoms with Crippen LogP contribution < -0.4 is 0 Å². The molecule has 70 valence electrons. The third-order valence-electron chi connectivity index (χ3n) is 2.13. The van der Waals surface area contributed by atoms with Crippen LogP contribution in [0.15, 0.2) is 10.7 Å².